The lowest BCUT2D eigenvalue weighted by atomic mass is 10.1. The van der Waals surface area contributed by atoms with Crippen LogP contribution in [0.4, 0.5) is 0 Å². The van der Waals surface area contributed by atoms with Crippen molar-refractivity contribution in [2.75, 3.05) is 14.2 Å². The zero-order chi connectivity index (χ0) is 12.3. The number of carbonyl (C=O) groups is 2. The van der Waals surface area contributed by atoms with Gasteiger partial charge in [-0.15, -0.1) is 0 Å². The van der Waals surface area contributed by atoms with E-state index < -0.39 is 11.8 Å². The van der Waals surface area contributed by atoms with Crippen molar-refractivity contribution in [1.29, 1.82) is 0 Å². The van der Waals surface area contributed by atoms with Gasteiger partial charge in [0.2, 0.25) is 5.75 Å². The molecular weight excluding hydrogens is 216 g/mol. The number of benzene rings is 1. The Morgan fingerprint density at radius 1 is 1.12 bits per heavy atom. The second kappa shape index (κ2) is 4.52. The van der Waals surface area contributed by atoms with Gasteiger partial charge in [0.15, 0.2) is 11.5 Å². The molecule has 1 rings (SSSR count). The van der Waals surface area contributed by atoms with E-state index in [2.05, 4.69) is 0 Å². The fourth-order valence-corrected chi connectivity index (χ4v) is 1.15. The van der Waals surface area contributed by atoms with Gasteiger partial charge in [-0.25, -0.2) is 4.79 Å². The molecule has 0 radical (unpaired) electrons. The molecule has 16 heavy (non-hydrogen) atoms. The predicted molar refractivity (Wildman–Crippen MR) is 53.2 cm³/mol. The predicted octanol–water partition coefficient (Wildman–Crippen LogP) is 0.677. The van der Waals surface area contributed by atoms with Crippen molar-refractivity contribution >= 4 is 11.8 Å². The molecule has 6 nitrogen and oxygen atoms in total. The summed E-state index contributed by atoms with van der Waals surface area (Å²) in [5.41, 5.74) is -0.126. The third-order valence-corrected chi connectivity index (χ3v) is 1.94. The summed E-state index contributed by atoms with van der Waals surface area (Å²) < 4.78 is 9.57. The van der Waals surface area contributed by atoms with Crippen LogP contribution in [0.25, 0.3) is 0 Å². The van der Waals surface area contributed by atoms with E-state index in [-0.39, 0.29) is 22.8 Å². The maximum Gasteiger partial charge on any atom is 0.377 e. The smallest absolute Gasteiger partial charge is 0.377 e. The number of hydrogen-bond acceptors (Lipinski definition) is 5. The van der Waals surface area contributed by atoms with Crippen LogP contribution in [-0.2, 0) is 4.79 Å². The first kappa shape index (κ1) is 11.8. The number of aliphatic carboxylic acids is 1. The number of hydrogen-bond donors (Lipinski definition) is 2. The number of carboxylic acids is 1. The summed E-state index contributed by atoms with van der Waals surface area (Å²) >= 11 is 0. The van der Waals surface area contributed by atoms with Crippen molar-refractivity contribution in [3.05, 3.63) is 17.7 Å². The van der Waals surface area contributed by atoms with E-state index in [1.807, 2.05) is 0 Å². The molecule has 0 saturated heterocycles. The van der Waals surface area contributed by atoms with Gasteiger partial charge in [0.05, 0.1) is 14.2 Å². The lowest BCUT2D eigenvalue weighted by Gasteiger charge is -2.09. The van der Waals surface area contributed by atoms with Gasteiger partial charge in [-0.2, -0.15) is 0 Å². The highest BCUT2D eigenvalue weighted by molar-refractivity contribution is 6.40. The normalized spacial score (nSPS) is 9.62. The number of phenols is 1. The van der Waals surface area contributed by atoms with Gasteiger partial charge in [0.25, 0.3) is 5.78 Å². The summed E-state index contributed by atoms with van der Waals surface area (Å²) in [5, 5.41) is 18.1. The molecule has 6 heteroatoms. The van der Waals surface area contributed by atoms with Crippen LogP contribution >= 0.6 is 0 Å². The Morgan fingerprint density at radius 3 is 1.88 bits per heavy atom. The number of carboxylic acid groups (broad SMARTS) is 1. The first-order valence-corrected chi connectivity index (χ1v) is 4.23. The highest BCUT2D eigenvalue weighted by atomic mass is 16.5. The summed E-state index contributed by atoms with van der Waals surface area (Å²) in [6.45, 7) is 0. The van der Waals surface area contributed by atoms with Crippen molar-refractivity contribution < 1.29 is 29.3 Å². The van der Waals surface area contributed by atoms with Gasteiger partial charge in [-0.3, -0.25) is 4.79 Å². The van der Waals surface area contributed by atoms with Crippen molar-refractivity contribution in [2.45, 2.75) is 0 Å². The first-order chi connectivity index (χ1) is 7.51. The van der Waals surface area contributed by atoms with Gasteiger partial charge in [-0.1, -0.05) is 0 Å². The molecule has 0 unspecified atom stereocenters. The van der Waals surface area contributed by atoms with Crippen LogP contribution in [-0.4, -0.2) is 36.2 Å². The molecule has 0 heterocycles. The van der Waals surface area contributed by atoms with E-state index in [1.165, 1.54) is 14.2 Å². The summed E-state index contributed by atoms with van der Waals surface area (Å²) in [6, 6.07) is 2.27. The summed E-state index contributed by atoms with van der Waals surface area (Å²) in [5.74, 6) is -3.02. The molecule has 0 amide bonds. The highest BCUT2D eigenvalue weighted by Gasteiger charge is 2.19. The first-order valence-electron chi connectivity index (χ1n) is 4.23. The maximum absolute atomic E-state index is 11.2. The lowest BCUT2D eigenvalue weighted by molar-refractivity contribution is -0.131. The molecule has 1 aromatic rings. The molecule has 2 N–H and O–H groups in total. The minimum absolute atomic E-state index is 0.0241. The number of ketones is 1. The number of Topliss-reactive ketones (excluding diaryl/α,β-unsaturated/α-hetero) is 1. The van der Waals surface area contributed by atoms with E-state index >= 15 is 0 Å². The fraction of sp³-hybridized carbons (Fsp3) is 0.200. The van der Waals surface area contributed by atoms with E-state index in [9.17, 15) is 14.7 Å². The Balaban J connectivity index is 3.32. The highest BCUT2D eigenvalue weighted by Crippen LogP contribution is 2.37. The van der Waals surface area contributed by atoms with Gasteiger partial charge in [-0.05, 0) is 12.1 Å². The van der Waals surface area contributed by atoms with E-state index in [4.69, 9.17) is 14.6 Å². The second-order valence-electron chi connectivity index (χ2n) is 2.86. The molecule has 0 bridgehead atoms. The molecule has 0 aliphatic heterocycles. The SMILES string of the molecule is COc1cc(C(=O)C(=O)O)cc(OC)c1O. The van der Waals surface area contributed by atoms with Crippen molar-refractivity contribution in [3.63, 3.8) is 0 Å². The molecule has 0 aliphatic carbocycles. The van der Waals surface area contributed by atoms with Crippen LogP contribution in [0, 0.1) is 0 Å². The zero-order valence-electron chi connectivity index (χ0n) is 8.68. The average molecular weight is 226 g/mol. The molecule has 1 aromatic carbocycles. The number of phenolic OH excluding ortho intramolecular Hbond substituents is 1. The summed E-state index contributed by atoms with van der Waals surface area (Å²) in [6.07, 6.45) is 0. The number of ether oxygens (including phenoxy) is 2. The van der Waals surface area contributed by atoms with E-state index in [0.717, 1.165) is 12.1 Å². The average Bonchev–Trinajstić information content (AvgIpc) is 2.28. The second-order valence-corrected chi connectivity index (χ2v) is 2.86. The topological polar surface area (TPSA) is 93.1 Å². The largest absolute Gasteiger partial charge is 0.502 e. The summed E-state index contributed by atoms with van der Waals surface area (Å²) in [7, 11) is 2.56. The minimum Gasteiger partial charge on any atom is -0.502 e. The van der Waals surface area contributed by atoms with Gasteiger partial charge >= 0.3 is 5.97 Å². The van der Waals surface area contributed by atoms with Crippen molar-refractivity contribution in [1.82, 2.24) is 0 Å². The molecular formula is C10H10O6. The molecule has 0 aliphatic rings. The molecule has 0 aromatic heterocycles. The number of carbonyl (C=O) groups excluding carboxylic acids is 1. The number of aromatic hydroxyl groups is 1. The Bertz CT molecular complexity index is 412. The molecule has 0 fully saturated rings. The van der Waals surface area contributed by atoms with Crippen LogP contribution in [0.5, 0.6) is 17.2 Å². The zero-order valence-corrected chi connectivity index (χ0v) is 8.68. The van der Waals surface area contributed by atoms with Crippen LogP contribution in [0.15, 0.2) is 12.1 Å². The van der Waals surface area contributed by atoms with Crippen LogP contribution < -0.4 is 9.47 Å². The standard InChI is InChI=1S/C10H10O6/c1-15-6-3-5(8(11)10(13)14)4-7(16-2)9(6)12/h3-4,12H,1-2H3,(H,13,14). The van der Waals surface area contributed by atoms with Gasteiger partial charge in [0, 0.05) is 5.56 Å². The molecule has 0 saturated carbocycles. The maximum atomic E-state index is 11.2. The Hall–Kier alpha value is -2.24. The third-order valence-electron chi connectivity index (χ3n) is 1.94. The van der Waals surface area contributed by atoms with Crippen LogP contribution in [0.2, 0.25) is 0 Å². The Kier molecular flexibility index (Phi) is 3.34. The van der Waals surface area contributed by atoms with Crippen LogP contribution in [0.1, 0.15) is 10.4 Å². The Morgan fingerprint density at radius 2 is 1.56 bits per heavy atom. The monoisotopic (exact) mass is 226 g/mol. The fourth-order valence-electron chi connectivity index (χ4n) is 1.15. The van der Waals surface area contributed by atoms with Gasteiger partial charge in [0.1, 0.15) is 0 Å². The number of methoxy groups -OCH3 is 2. The van der Waals surface area contributed by atoms with E-state index in [0.29, 0.717) is 0 Å². The van der Waals surface area contributed by atoms with Crippen molar-refractivity contribution in [2.24, 2.45) is 0 Å². The molecule has 0 atom stereocenters. The molecule has 0 spiro atoms. The van der Waals surface area contributed by atoms with Crippen molar-refractivity contribution in [3.8, 4) is 17.2 Å². The summed E-state index contributed by atoms with van der Waals surface area (Å²) in [4.78, 5) is 21.7. The minimum atomic E-state index is -1.59. The lowest BCUT2D eigenvalue weighted by Crippen LogP contribution is -2.12. The third kappa shape index (κ3) is 2.05. The van der Waals surface area contributed by atoms with E-state index in [1.54, 1.807) is 0 Å². The molecule has 86 valence electrons. The Labute approximate surface area is 91.0 Å². The quantitative estimate of drug-likeness (QED) is 0.579. The number of rotatable bonds is 4. The van der Waals surface area contributed by atoms with Gasteiger partial charge < -0.3 is 19.7 Å². The van der Waals surface area contributed by atoms with Crippen LogP contribution in [0.3, 0.4) is 0 Å².